The van der Waals surface area contributed by atoms with E-state index < -0.39 is 0 Å². The van der Waals surface area contributed by atoms with E-state index in [4.69, 9.17) is 4.99 Å². The first-order chi connectivity index (χ1) is 18.6. The molecule has 0 radical (unpaired) electrons. The molecule has 1 amide bonds. The van der Waals surface area contributed by atoms with Gasteiger partial charge < -0.3 is 4.57 Å². The van der Waals surface area contributed by atoms with Crippen molar-refractivity contribution in [3.63, 3.8) is 0 Å². The fourth-order valence-corrected chi connectivity index (χ4v) is 6.64. The second-order valence-electron chi connectivity index (χ2n) is 10.2. The minimum absolute atomic E-state index is 0.0406. The molecule has 4 nitrogen and oxygen atoms in total. The van der Waals surface area contributed by atoms with Crippen molar-refractivity contribution in [1.29, 1.82) is 0 Å². The van der Waals surface area contributed by atoms with Crippen molar-refractivity contribution in [2.75, 3.05) is 0 Å². The number of carbonyl (C=O) groups excluding carboxylic acids is 1. The fourth-order valence-electron chi connectivity index (χ4n) is 5.60. The average molecular weight is 524 g/mol. The molecule has 3 aromatic carbocycles. The Morgan fingerprint density at radius 1 is 0.974 bits per heavy atom. The zero-order valence-electron chi connectivity index (χ0n) is 21.4. The number of carbonyl (C=O) groups is 1. The maximum atomic E-state index is 13.9. The monoisotopic (exact) mass is 523 g/mol. The highest BCUT2D eigenvalue weighted by molar-refractivity contribution is 8.18. The second-order valence-corrected chi connectivity index (χ2v) is 11.2. The van der Waals surface area contributed by atoms with E-state index in [2.05, 4.69) is 29.8 Å². The van der Waals surface area contributed by atoms with Gasteiger partial charge in [0.1, 0.15) is 5.82 Å². The van der Waals surface area contributed by atoms with Crippen LogP contribution in [0.3, 0.4) is 0 Å². The van der Waals surface area contributed by atoms with Crippen LogP contribution in [-0.2, 0) is 11.3 Å². The summed E-state index contributed by atoms with van der Waals surface area (Å²) in [5, 5.41) is 1.85. The van der Waals surface area contributed by atoms with Crippen molar-refractivity contribution in [3.05, 3.63) is 107 Å². The van der Waals surface area contributed by atoms with E-state index >= 15 is 0 Å². The van der Waals surface area contributed by atoms with Crippen molar-refractivity contribution >= 4 is 45.5 Å². The molecule has 0 bridgehead atoms. The number of nitrogens with zero attached hydrogens (tertiary/aromatic N) is 3. The number of benzene rings is 3. The van der Waals surface area contributed by atoms with Crippen molar-refractivity contribution in [2.45, 2.75) is 45.2 Å². The van der Waals surface area contributed by atoms with Gasteiger partial charge in [-0.15, -0.1) is 0 Å². The minimum Gasteiger partial charge on any atom is -0.342 e. The molecule has 192 valence electrons. The van der Waals surface area contributed by atoms with Crippen LogP contribution in [0.2, 0.25) is 0 Å². The van der Waals surface area contributed by atoms with Crippen LogP contribution in [0.1, 0.15) is 43.7 Å². The number of amidine groups is 1. The van der Waals surface area contributed by atoms with E-state index in [1.807, 2.05) is 65.6 Å². The molecule has 38 heavy (non-hydrogen) atoms. The summed E-state index contributed by atoms with van der Waals surface area (Å²) in [6.07, 6.45) is 8.60. The summed E-state index contributed by atoms with van der Waals surface area (Å²) in [4.78, 5) is 21.5. The highest BCUT2D eigenvalue weighted by atomic mass is 32.2. The Hall–Kier alpha value is -3.64. The van der Waals surface area contributed by atoms with Gasteiger partial charge in [0.25, 0.3) is 5.91 Å². The number of hydrogen-bond acceptors (Lipinski definition) is 3. The average Bonchev–Trinajstić information content (AvgIpc) is 3.43. The lowest BCUT2D eigenvalue weighted by Crippen LogP contribution is -2.44. The van der Waals surface area contributed by atoms with Gasteiger partial charge in [0, 0.05) is 35.2 Å². The molecular formula is C32H30FN3OS. The standard InChI is InChI=1S/C32H30FN3OS/c1-22-9-5-7-13-28(22)36-31(37)30(38-32(36)34-26-10-3-2-4-11-26)19-24-21-35(29-14-8-6-12-27(24)29)20-23-15-17-25(33)18-16-23/h2-4,6,8,10-12,14-19,21-22,28H,5,7,9,13,20H2,1H3/b30-19-,34-32?/t22-,28+/m1/s1. The summed E-state index contributed by atoms with van der Waals surface area (Å²) < 4.78 is 15.6. The second kappa shape index (κ2) is 10.6. The Bertz CT molecular complexity index is 1520. The first kappa shape index (κ1) is 24.7. The summed E-state index contributed by atoms with van der Waals surface area (Å²) in [5.41, 5.74) is 3.95. The molecule has 0 unspecified atom stereocenters. The summed E-state index contributed by atoms with van der Waals surface area (Å²) in [6, 6.07) is 24.9. The Morgan fingerprint density at radius 2 is 1.71 bits per heavy atom. The summed E-state index contributed by atoms with van der Waals surface area (Å²) in [5.74, 6) is 0.239. The van der Waals surface area contributed by atoms with E-state index in [1.54, 1.807) is 0 Å². The molecule has 6 rings (SSSR count). The summed E-state index contributed by atoms with van der Waals surface area (Å²) in [6.45, 7) is 2.88. The number of aromatic nitrogens is 1. The van der Waals surface area contributed by atoms with E-state index in [-0.39, 0.29) is 17.8 Å². The van der Waals surface area contributed by atoms with Crippen LogP contribution in [0.4, 0.5) is 10.1 Å². The van der Waals surface area contributed by atoms with Gasteiger partial charge in [-0.2, -0.15) is 0 Å². The van der Waals surface area contributed by atoms with E-state index in [0.717, 1.165) is 52.1 Å². The molecule has 6 heteroatoms. The normalized spacial score (nSPS) is 22.2. The highest BCUT2D eigenvalue weighted by Crippen LogP contribution is 2.40. The molecule has 2 heterocycles. The first-order valence-electron chi connectivity index (χ1n) is 13.3. The van der Waals surface area contributed by atoms with Crippen LogP contribution in [0.15, 0.2) is 95.0 Å². The Balaban J connectivity index is 1.39. The van der Waals surface area contributed by atoms with Gasteiger partial charge in [0.15, 0.2) is 5.17 Å². The van der Waals surface area contributed by atoms with Gasteiger partial charge in [-0.05, 0) is 72.5 Å². The number of amides is 1. The zero-order valence-corrected chi connectivity index (χ0v) is 22.2. The molecular weight excluding hydrogens is 493 g/mol. The van der Waals surface area contributed by atoms with E-state index in [1.165, 1.54) is 30.3 Å². The molecule has 1 aromatic heterocycles. The predicted molar refractivity (Wildman–Crippen MR) is 155 cm³/mol. The third kappa shape index (κ3) is 4.93. The van der Waals surface area contributed by atoms with Gasteiger partial charge in [-0.3, -0.25) is 9.69 Å². The molecule has 1 saturated heterocycles. The number of fused-ring (bicyclic) bond motifs is 1. The first-order valence-corrected chi connectivity index (χ1v) is 14.1. The number of para-hydroxylation sites is 2. The lowest BCUT2D eigenvalue weighted by atomic mass is 9.85. The highest BCUT2D eigenvalue weighted by Gasteiger charge is 2.41. The molecule has 0 N–H and O–H groups in total. The number of rotatable bonds is 5. The van der Waals surface area contributed by atoms with Crippen molar-refractivity contribution in [1.82, 2.24) is 9.47 Å². The third-order valence-electron chi connectivity index (χ3n) is 7.59. The van der Waals surface area contributed by atoms with Crippen molar-refractivity contribution in [3.8, 4) is 0 Å². The molecule has 1 aliphatic carbocycles. The number of hydrogen-bond donors (Lipinski definition) is 0. The Kier molecular flexibility index (Phi) is 6.90. The molecule has 1 saturated carbocycles. The number of thioether (sulfide) groups is 1. The molecule has 1 aliphatic heterocycles. The molecule has 2 atom stereocenters. The van der Waals surface area contributed by atoms with Gasteiger partial charge in [-0.1, -0.05) is 68.3 Å². The topological polar surface area (TPSA) is 37.6 Å². The lowest BCUT2D eigenvalue weighted by Gasteiger charge is -2.35. The van der Waals surface area contributed by atoms with Gasteiger partial charge in [0.05, 0.1) is 10.6 Å². The van der Waals surface area contributed by atoms with Crippen LogP contribution in [-0.4, -0.2) is 26.6 Å². The van der Waals surface area contributed by atoms with Crippen molar-refractivity contribution < 1.29 is 9.18 Å². The van der Waals surface area contributed by atoms with Crippen LogP contribution in [0.25, 0.3) is 17.0 Å². The third-order valence-corrected chi connectivity index (χ3v) is 8.57. The van der Waals surface area contributed by atoms with Crippen LogP contribution >= 0.6 is 11.8 Å². The Morgan fingerprint density at radius 3 is 2.50 bits per heavy atom. The number of aliphatic imine (C=N–C) groups is 1. The van der Waals surface area contributed by atoms with Crippen LogP contribution in [0.5, 0.6) is 0 Å². The van der Waals surface area contributed by atoms with Crippen LogP contribution < -0.4 is 0 Å². The van der Waals surface area contributed by atoms with Gasteiger partial charge >= 0.3 is 0 Å². The van der Waals surface area contributed by atoms with Gasteiger partial charge in [-0.25, -0.2) is 9.38 Å². The zero-order chi connectivity index (χ0) is 26.1. The maximum absolute atomic E-state index is 13.9. The maximum Gasteiger partial charge on any atom is 0.267 e. The van der Waals surface area contributed by atoms with Crippen molar-refractivity contribution in [2.24, 2.45) is 10.9 Å². The summed E-state index contributed by atoms with van der Waals surface area (Å²) >= 11 is 1.47. The molecule has 2 aliphatic rings. The molecule has 4 aromatic rings. The predicted octanol–water partition coefficient (Wildman–Crippen LogP) is 8.01. The summed E-state index contributed by atoms with van der Waals surface area (Å²) in [7, 11) is 0. The molecule has 2 fully saturated rings. The lowest BCUT2D eigenvalue weighted by molar-refractivity contribution is -0.124. The quantitative estimate of drug-likeness (QED) is 0.249. The van der Waals surface area contributed by atoms with E-state index in [9.17, 15) is 9.18 Å². The Labute approximate surface area is 226 Å². The SMILES string of the molecule is C[C@@H]1CCCC[C@@H]1N1C(=O)/C(=C/c2cn(Cc3ccc(F)cc3)c3ccccc23)SC1=Nc1ccccc1. The minimum atomic E-state index is -0.238. The molecule has 0 spiro atoms. The fraction of sp³-hybridized carbons (Fsp3) is 0.250. The smallest absolute Gasteiger partial charge is 0.267 e. The van der Waals surface area contributed by atoms with Gasteiger partial charge in [0.2, 0.25) is 0 Å². The number of halogens is 1. The largest absolute Gasteiger partial charge is 0.342 e. The van der Waals surface area contributed by atoms with Crippen LogP contribution in [0, 0.1) is 11.7 Å². The van der Waals surface area contributed by atoms with E-state index in [0.29, 0.717) is 17.4 Å².